The molecule has 0 radical (unpaired) electrons. The average molecular weight is 346 g/mol. The van der Waals surface area contributed by atoms with Gasteiger partial charge in [-0.15, -0.1) is 0 Å². The van der Waals surface area contributed by atoms with E-state index in [1.807, 2.05) is 32.4 Å². The number of amides is 1. The lowest BCUT2D eigenvalue weighted by Crippen LogP contribution is -2.36. The van der Waals surface area contributed by atoms with Gasteiger partial charge < -0.3 is 18.6 Å². The highest BCUT2D eigenvalue weighted by Gasteiger charge is 2.29. The van der Waals surface area contributed by atoms with Crippen LogP contribution in [-0.2, 0) is 29.7 Å². The molecule has 1 aliphatic rings. The Morgan fingerprint density at radius 2 is 2.24 bits per heavy atom. The van der Waals surface area contributed by atoms with E-state index in [1.54, 1.807) is 19.0 Å². The Hall–Kier alpha value is -2.12. The average Bonchev–Trinajstić information content (AvgIpc) is 3.13. The second-order valence-corrected chi connectivity index (χ2v) is 6.87. The number of aryl methyl sites for hydroxylation is 2. The standard InChI is InChI=1S/C18H26N4O3/c1-13-5-6-15(25-13)8-22-7-14(10-24-11-17(23)20(2)3)18-16(9-22)19-12-21(18)4/h5-6,12,14H,7-11H2,1-4H3/t14-/m1/s1. The Bertz CT molecular complexity index is 735. The number of hydrogen-bond donors (Lipinski definition) is 0. The highest BCUT2D eigenvalue weighted by molar-refractivity contribution is 5.76. The quantitative estimate of drug-likeness (QED) is 0.794. The first-order valence-corrected chi connectivity index (χ1v) is 8.49. The molecule has 3 heterocycles. The molecule has 1 atom stereocenters. The van der Waals surface area contributed by atoms with Crippen LogP contribution in [0.25, 0.3) is 0 Å². The molecule has 0 saturated heterocycles. The molecule has 0 spiro atoms. The van der Waals surface area contributed by atoms with Gasteiger partial charge in [-0.3, -0.25) is 9.69 Å². The fourth-order valence-corrected chi connectivity index (χ4v) is 3.27. The van der Waals surface area contributed by atoms with Crippen LogP contribution in [0.4, 0.5) is 0 Å². The number of nitrogens with zero attached hydrogens (tertiary/aromatic N) is 4. The summed E-state index contributed by atoms with van der Waals surface area (Å²) < 4.78 is 13.5. The fourth-order valence-electron chi connectivity index (χ4n) is 3.27. The van der Waals surface area contributed by atoms with Gasteiger partial charge in [0.15, 0.2) is 0 Å². The summed E-state index contributed by atoms with van der Waals surface area (Å²) in [7, 11) is 5.48. The van der Waals surface area contributed by atoms with Crippen molar-refractivity contribution in [2.24, 2.45) is 7.05 Å². The molecular weight excluding hydrogens is 320 g/mol. The molecule has 0 saturated carbocycles. The van der Waals surface area contributed by atoms with Crippen molar-refractivity contribution < 1.29 is 13.9 Å². The minimum absolute atomic E-state index is 0.0241. The van der Waals surface area contributed by atoms with Crippen LogP contribution in [-0.4, -0.2) is 59.1 Å². The second-order valence-electron chi connectivity index (χ2n) is 6.87. The van der Waals surface area contributed by atoms with Gasteiger partial charge in [0.1, 0.15) is 18.1 Å². The van der Waals surface area contributed by atoms with Crippen molar-refractivity contribution in [3.63, 3.8) is 0 Å². The number of rotatable bonds is 6. The van der Waals surface area contributed by atoms with E-state index in [9.17, 15) is 4.79 Å². The lowest BCUT2D eigenvalue weighted by Gasteiger charge is -2.32. The Morgan fingerprint density at radius 1 is 1.44 bits per heavy atom. The lowest BCUT2D eigenvalue weighted by atomic mass is 9.99. The van der Waals surface area contributed by atoms with Crippen molar-refractivity contribution in [2.75, 3.05) is 33.9 Å². The Balaban J connectivity index is 1.67. The Morgan fingerprint density at radius 3 is 2.92 bits per heavy atom. The van der Waals surface area contributed by atoms with Crippen molar-refractivity contribution in [3.05, 3.63) is 41.4 Å². The maximum Gasteiger partial charge on any atom is 0.248 e. The Labute approximate surface area is 148 Å². The van der Waals surface area contributed by atoms with E-state index in [2.05, 4.69) is 14.5 Å². The van der Waals surface area contributed by atoms with Crippen LogP contribution in [0.3, 0.4) is 0 Å². The van der Waals surface area contributed by atoms with Crippen LogP contribution in [0.1, 0.15) is 28.8 Å². The highest BCUT2D eigenvalue weighted by Crippen LogP contribution is 2.28. The maximum absolute atomic E-state index is 11.7. The predicted octanol–water partition coefficient (Wildman–Crippen LogP) is 1.53. The zero-order valence-electron chi connectivity index (χ0n) is 15.4. The van der Waals surface area contributed by atoms with E-state index in [0.29, 0.717) is 6.61 Å². The molecule has 1 amide bonds. The summed E-state index contributed by atoms with van der Waals surface area (Å²) >= 11 is 0. The summed E-state index contributed by atoms with van der Waals surface area (Å²) in [5, 5.41) is 0. The van der Waals surface area contributed by atoms with Crippen LogP contribution < -0.4 is 0 Å². The molecular formula is C18H26N4O3. The summed E-state index contributed by atoms with van der Waals surface area (Å²) in [6.45, 7) is 4.95. The number of likely N-dealkylation sites (N-methyl/N-ethyl adjacent to an activating group) is 1. The lowest BCUT2D eigenvalue weighted by molar-refractivity contribution is -0.133. The molecule has 7 nitrogen and oxygen atoms in total. The van der Waals surface area contributed by atoms with Crippen LogP contribution in [0.2, 0.25) is 0 Å². The van der Waals surface area contributed by atoms with Gasteiger partial charge in [-0.1, -0.05) is 0 Å². The molecule has 25 heavy (non-hydrogen) atoms. The minimum Gasteiger partial charge on any atom is -0.465 e. The number of carbonyl (C=O) groups excluding carboxylic acids is 1. The van der Waals surface area contributed by atoms with Gasteiger partial charge in [-0.25, -0.2) is 4.98 Å². The number of hydrogen-bond acceptors (Lipinski definition) is 5. The first-order valence-electron chi connectivity index (χ1n) is 8.49. The maximum atomic E-state index is 11.7. The molecule has 0 N–H and O–H groups in total. The Kier molecular flexibility index (Phi) is 5.24. The third-order valence-corrected chi connectivity index (χ3v) is 4.52. The highest BCUT2D eigenvalue weighted by atomic mass is 16.5. The molecule has 0 fully saturated rings. The van der Waals surface area contributed by atoms with E-state index < -0.39 is 0 Å². The number of furan rings is 1. The number of ether oxygens (including phenoxy) is 1. The third-order valence-electron chi connectivity index (χ3n) is 4.52. The van der Waals surface area contributed by atoms with Gasteiger partial charge in [0, 0.05) is 45.8 Å². The van der Waals surface area contributed by atoms with E-state index in [4.69, 9.17) is 9.15 Å². The molecule has 0 bridgehead atoms. The van der Waals surface area contributed by atoms with Gasteiger partial charge in [0.2, 0.25) is 5.91 Å². The smallest absolute Gasteiger partial charge is 0.248 e. The molecule has 136 valence electrons. The van der Waals surface area contributed by atoms with Gasteiger partial charge in [0.05, 0.1) is 25.2 Å². The minimum atomic E-state index is -0.0241. The molecule has 1 aliphatic heterocycles. The topological polar surface area (TPSA) is 63.7 Å². The second kappa shape index (κ2) is 7.41. The monoisotopic (exact) mass is 346 g/mol. The molecule has 2 aromatic rings. The summed E-state index contributed by atoms with van der Waals surface area (Å²) in [6, 6.07) is 4.00. The van der Waals surface area contributed by atoms with Gasteiger partial charge >= 0.3 is 0 Å². The van der Waals surface area contributed by atoms with E-state index >= 15 is 0 Å². The number of imidazole rings is 1. The van der Waals surface area contributed by atoms with Crippen molar-refractivity contribution >= 4 is 5.91 Å². The van der Waals surface area contributed by atoms with E-state index in [-0.39, 0.29) is 18.4 Å². The largest absolute Gasteiger partial charge is 0.465 e. The SMILES string of the molecule is Cc1ccc(CN2Cc3ncn(C)c3[C@@H](COCC(=O)N(C)C)C2)o1. The predicted molar refractivity (Wildman–Crippen MR) is 93.0 cm³/mol. The van der Waals surface area contributed by atoms with E-state index in [1.165, 1.54) is 5.69 Å². The summed E-state index contributed by atoms with van der Waals surface area (Å²) in [4.78, 5) is 20.1. The summed E-state index contributed by atoms with van der Waals surface area (Å²) in [5.41, 5.74) is 2.27. The molecule has 3 rings (SSSR count). The molecule has 0 aromatic carbocycles. The molecule has 2 aromatic heterocycles. The normalized spacial score (nSPS) is 17.5. The summed E-state index contributed by atoms with van der Waals surface area (Å²) in [6.07, 6.45) is 1.85. The fraction of sp³-hybridized carbons (Fsp3) is 0.556. The zero-order chi connectivity index (χ0) is 18.0. The first kappa shape index (κ1) is 17.7. The molecule has 0 unspecified atom stereocenters. The molecule has 0 aliphatic carbocycles. The molecule has 7 heteroatoms. The van der Waals surface area contributed by atoms with Crippen molar-refractivity contribution in [1.29, 1.82) is 0 Å². The summed E-state index contributed by atoms with van der Waals surface area (Å²) in [5.74, 6) is 2.04. The number of fused-ring (bicyclic) bond motifs is 1. The zero-order valence-corrected chi connectivity index (χ0v) is 15.4. The number of aromatic nitrogens is 2. The first-order chi connectivity index (χ1) is 11.9. The van der Waals surface area contributed by atoms with Gasteiger partial charge in [-0.05, 0) is 19.1 Å². The van der Waals surface area contributed by atoms with Crippen LogP contribution >= 0.6 is 0 Å². The van der Waals surface area contributed by atoms with Crippen molar-refractivity contribution in [2.45, 2.75) is 25.9 Å². The van der Waals surface area contributed by atoms with Crippen LogP contribution in [0.15, 0.2) is 22.9 Å². The third kappa shape index (κ3) is 4.11. The van der Waals surface area contributed by atoms with Crippen LogP contribution in [0, 0.1) is 6.92 Å². The van der Waals surface area contributed by atoms with Crippen molar-refractivity contribution in [1.82, 2.24) is 19.4 Å². The van der Waals surface area contributed by atoms with E-state index in [0.717, 1.165) is 36.8 Å². The van der Waals surface area contributed by atoms with Gasteiger partial charge in [-0.2, -0.15) is 0 Å². The number of carbonyl (C=O) groups is 1. The van der Waals surface area contributed by atoms with Crippen molar-refractivity contribution in [3.8, 4) is 0 Å². The van der Waals surface area contributed by atoms with Gasteiger partial charge in [0.25, 0.3) is 0 Å². The van der Waals surface area contributed by atoms with Crippen LogP contribution in [0.5, 0.6) is 0 Å².